The van der Waals surface area contributed by atoms with Gasteiger partial charge in [0.05, 0.1) is 38.0 Å². The largest absolute Gasteiger partial charge is 0.497 e. The number of para-hydroxylation sites is 1. The van der Waals surface area contributed by atoms with Gasteiger partial charge in [-0.1, -0.05) is 24.3 Å². The first kappa shape index (κ1) is 30.3. The number of ether oxygens (including phenoxy) is 3. The molecule has 0 bridgehead atoms. The Labute approximate surface area is 243 Å². The minimum atomic E-state index is -0.410. The molecule has 220 valence electrons. The highest BCUT2D eigenvalue weighted by atomic mass is 19.1. The van der Waals surface area contributed by atoms with E-state index in [1.54, 1.807) is 61.7 Å². The topological polar surface area (TPSA) is 98.5 Å². The van der Waals surface area contributed by atoms with Gasteiger partial charge in [-0.3, -0.25) is 14.4 Å². The molecule has 0 saturated carbocycles. The minimum absolute atomic E-state index is 0.0730. The smallest absolute Gasteiger partial charge is 0.254 e. The minimum Gasteiger partial charge on any atom is -0.497 e. The second-order valence-corrected chi connectivity index (χ2v) is 9.64. The van der Waals surface area contributed by atoms with Gasteiger partial charge >= 0.3 is 0 Å². The SMILES string of the molecule is COCCCN(CC(=O)N(Cc1ccc(F)cc1)Cc1coc2ccccc2c1=O)C(=O)c1cc(OC)cc(OC)c1. The van der Waals surface area contributed by atoms with Crippen molar-refractivity contribution in [2.45, 2.75) is 19.5 Å². The summed E-state index contributed by atoms with van der Waals surface area (Å²) >= 11 is 0. The van der Waals surface area contributed by atoms with Crippen LogP contribution in [0.4, 0.5) is 4.39 Å². The molecule has 42 heavy (non-hydrogen) atoms. The van der Waals surface area contributed by atoms with Crippen LogP contribution in [0.3, 0.4) is 0 Å². The Balaban J connectivity index is 1.65. The molecule has 0 saturated heterocycles. The molecule has 0 N–H and O–H groups in total. The molecule has 0 atom stereocenters. The van der Waals surface area contributed by atoms with E-state index in [0.717, 1.165) is 0 Å². The lowest BCUT2D eigenvalue weighted by Crippen LogP contribution is -2.43. The second kappa shape index (κ2) is 14.3. The van der Waals surface area contributed by atoms with Crippen LogP contribution in [0, 0.1) is 5.82 Å². The van der Waals surface area contributed by atoms with E-state index in [-0.39, 0.29) is 42.7 Å². The molecule has 0 aliphatic rings. The van der Waals surface area contributed by atoms with Gasteiger partial charge in [0.15, 0.2) is 5.43 Å². The summed E-state index contributed by atoms with van der Waals surface area (Å²) in [5.74, 6) is -0.352. The van der Waals surface area contributed by atoms with Crippen LogP contribution in [0.1, 0.15) is 27.9 Å². The lowest BCUT2D eigenvalue weighted by Gasteiger charge is -2.28. The zero-order valence-electron chi connectivity index (χ0n) is 23.8. The molecular formula is C32H33FN2O7. The van der Waals surface area contributed by atoms with Crippen LogP contribution in [0.25, 0.3) is 11.0 Å². The van der Waals surface area contributed by atoms with Crippen molar-refractivity contribution < 1.29 is 32.6 Å². The molecule has 1 aromatic heterocycles. The molecule has 0 aliphatic heterocycles. The fraction of sp³-hybridized carbons (Fsp3) is 0.281. The van der Waals surface area contributed by atoms with Gasteiger partial charge in [0.25, 0.3) is 5.91 Å². The van der Waals surface area contributed by atoms with Gasteiger partial charge in [-0.2, -0.15) is 0 Å². The molecule has 9 nitrogen and oxygen atoms in total. The third-order valence-electron chi connectivity index (χ3n) is 6.74. The Hall–Kier alpha value is -4.70. The molecule has 0 radical (unpaired) electrons. The average Bonchev–Trinajstić information content (AvgIpc) is 3.01. The Morgan fingerprint density at radius 1 is 0.881 bits per heavy atom. The van der Waals surface area contributed by atoms with E-state index in [0.29, 0.717) is 41.1 Å². The van der Waals surface area contributed by atoms with Crippen LogP contribution < -0.4 is 14.9 Å². The number of nitrogens with zero attached hydrogens (tertiary/aromatic N) is 2. The predicted octanol–water partition coefficient (Wildman–Crippen LogP) is 4.66. The molecule has 0 aliphatic carbocycles. The quantitative estimate of drug-likeness (QED) is 0.214. The first-order chi connectivity index (χ1) is 20.3. The molecule has 0 fully saturated rings. The van der Waals surface area contributed by atoms with Crippen molar-refractivity contribution in [2.75, 3.05) is 41.0 Å². The second-order valence-electron chi connectivity index (χ2n) is 9.64. The third kappa shape index (κ3) is 7.52. The van der Waals surface area contributed by atoms with Crippen LogP contribution in [-0.2, 0) is 22.6 Å². The van der Waals surface area contributed by atoms with Gasteiger partial charge in [0.2, 0.25) is 5.91 Å². The molecule has 0 spiro atoms. The number of carbonyl (C=O) groups is 2. The Bertz CT molecular complexity index is 1560. The van der Waals surface area contributed by atoms with Gasteiger partial charge < -0.3 is 28.4 Å². The summed E-state index contributed by atoms with van der Waals surface area (Å²) in [6.07, 6.45) is 1.84. The van der Waals surface area contributed by atoms with E-state index in [2.05, 4.69) is 0 Å². The lowest BCUT2D eigenvalue weighted by molar-refractivity contribution is -0.133. The van der Waals surface area contributed by atoms with Crippen molar-refractivity contribution in [3.63, 3.8) is 0 Å². The van der Waals surface area contributed by atoms with Crippen LogP contribution in [0.5, 0.6) is 11.5 Å². The van der Waals surface area contributed by atoms with Crippen molar-refractivity contribution in [3.05, 3.63) is 106 Å². The Morgan fingerprint density at radius 3 is 2.24 bits per heavy atom. The number of hydrogen-bond donors (Lipinski definition) is 0. The summed E-state index contributed by atoms with van der Waals surface area (Å²) in [7, 11) is 4.53. The molecule has 10 heteroatoms. The van der Waals surface area contributed by atoms with Crippen molar-refractivity contribution in [1.82, 2.24) is 9.80 Å². The van der Waals surface area contributed by atoms with Crippen LogP contribution >= 0.6 is 0 Å². The molecule has 4 rings (SSSR count). The fourth-order valence-corrected chi connectivity index (χ4v) is 4.50. The van der Waals surface area contributed by atoms with E-state index < -0.39 is 17.6 Å². The summed E-state index contributed by atoms with van der Waals surface area (Å²) < 4.78 is 35.1. The van der Waals surface area contributed by atoms with Crippen LogP contribution in [0.15, 0.2) is 82.2 Å². The first-order valence-corrected chi connectivity index (χ1v) is 13.4. The number of methoxy groups -OCH3 is 3. The van der Waals surface area contributed by atoms with Crippen molar-refractivity contribution >= 4 is 22.8 Å². The summed E-state index contributed by atoms with van der Waals surface area (Å²) in [4.78, 5) is 43.7. The number of hydrogen-bond acceptors (Lipinski definition) is 7. The Kier molecular flexibility index (Phi) is 10.3. The zero-order valence-corrected chi connectivity index (χ0v) is 23.8. The number of carbonyl (C=O) groups excluding carboxylic acids is 2. The normalized spacial score (nSPS) is 10.9. The van der Waals surface area contributed by atoms with Gasteiger partial charge in [-0.25, -0.2) is 4.39 Å². The summed E-state index contributed by atoms with van der Waals surface area (Å²) in [6.45, 7) is 0.356. The van der Waals surface area contributed by atoms with E-state index in [9.17, 15) is 18.8 Å². The molecule has 1 heterocycles. The molecule has 4 aromatic rings. The van der Waals surface area contributed by atoms with Crippen molar-refractivity contribution in [2.24, 2.45) is 0 Å². The van der Waals surface area contributed by atoms with Gasteiger partial charge in [0, 0.05) is 38.4 Å². The molecule has 2 amide bonds. The maximum atomic E-state index is 13.9. The molecule has 0 unspecified atom stereocenters. The highest BCUT2D eigenvalue weighted by Gasteiger charge is 2.25. The third-order valence-corrected chi connectivity index (χ3v) is 6.74. The highest BCUT2D eigenvalue weighted by Crippen LogP contribution is 2.24. The van der Waals surface area contributed by atoms with E-state index >= 15 is 0 Å². The number of benzene rings is 3. The highest BCUT2D eigenvalue weighted by molar-refractivity contribution is 5.97. The van der Waals surface area contributed by atoms with E-state index in [4.69, 9.17) is 18.6 Å². The van der Waals surface area contributed by atoms with Gasteiger partial charge in [-0.15, -0.1) is 0 Å². The predicted molar refractivity (Wildman–Crippen MR) is 155 cm³/mol. The average molecular weight is 577 g/mol. The summed E-state index contributed by atoms with van der Waals surface area (Å²) in [6, 6.07) is 17.4. The number of amides is 2. The van der Waals surface area contributed by atoms with Crippen LogP contribution in [0.2, 0.25) is 0 Å². The van der Waals surface area contributed by atoms with Gasteiger partial charge in [0.1, 0.15) is 29.4 Å². The zero-order chi connectivity index (χ0) is 30.1. The lowest BCUT2D eigenvalue weighted by atomic mass is 10.1. The summed E-state index contributed by atoms with van der Waals surface area (Å²) in [5, 5.41) is 0.396. The first-order valence-electron chi connectivity index (χ1n) is 13.4. The fourth-order valence-electron chi connectivity index (χ4n) is 4.50. The number of halogens is 1. The van der Waals surface area contributed by atoms with Crippen LogP contribution in [-0.4, -0.2) is 62.6 Å². The number of rotatable bonds is 13. The van der Waals surface area contributed by atoms with Crippen molar-refractivity contribution in [1.29, 1.82) is 0 Å². The maximum absolute atomic E-state index is 13.9. The molecule has 3 aromatic carbocycles. The molecular weight excluding hydrogens is 543 g/mol. The maximum Gasteiger partial charge on any atom is 0.254 e. The van der Waals surface area contributed by atoms with Gasteiger partial charge in [-0.05, 0) is 48.4 Å². The summed E-state index contributed by atoms with van der Waals surface area (Å²) in [5.41, 5.74) is 1.40. The van der Waals surface area contributed by atoms with E-state index in [1.165, 1.54) is 42.4 Å². The van der Waals surface area contributed by atoms with E-state index in [1.807, 2.05) is 0 Å². The monoisotopic (exact) mass is 576 g/mol. The standard InChI is InChI=1S/C32H33FN2O7/c1-39-14-6-13-34(32(38)23-15-26(40-2)17-27(16-23)41-3)20-30(36)35(18-22-9-11-25(33)12-10-22)19-24-21-42-29-8-5-4-7-28(29)31(24)37/h4-5,7-12,15-17,21H,6,13-14,18-20H2,1-3H3. The van der Waals surface area contributed by atoms with Crippen molar-refractivity contribution in [3.8, 4) is 11.5 Å². The number of fused-ring (bicyclic) bond motifs is 1. The Morgan fingerprint density at radius 2 is 1.57 bits per heavy atom.